The van der Waals surface area contributed by atoms with Crippen LogP contribution in [0.3, 0.4) is 0 Å². The second kappa shape index (κ2) is 4.56. The molecular formula is C13H22O3. The fourth-order valence-corrected chi connectivity index (χ4v) is 2.65. The molecule has 3 heteroatoms. The monoisotopic (exact) mass is 226 g/mol. The molecule has 0 N–H and O–H groups in total. The van der Waals surface area contributed by atoms with Crippen LogP contribution in [0.15, 0.2) is 0 Å². The number of hydrogen-bond donors (Lipinski definition) is 0. The van der Waals surface area contributed by atoms with Crippen molar-refractivity contribution >= 4 is 11.8 Å². The first kappa shape index (κ1) is 13.2. The van der Waals surface area contributed by atoms with Gasteiger partial charge in [-0.1, -0.05) is 27.2 Å². The Labute approximate surface area is 97.5 Å². The lowest BCUT2D eigenvalue weighted by Crippen LogP contribution is -2.49. The Balaban J connectivity index is 3.03. The number of esters is 1. The summed E-state index contributed by atoms with van der Waals surface area (Å²) in [6.07, 6.45) is 2.98. The van der Waals surface area contributed by atoms with Crippen LogP contribution in [0.4, 0.5) is 0 Å². The molecule has 3 nitrogen and oxygen atoms in total. The summed E-state index contributed by atoms with van der Waals surface area (Å²) in [7, 11) is 0. The summed E-state index contributed by atoms with van der Waals surface area (Å²) in [4.78, 5) is 24.4. The lowest BCUT2D eigenvalue weighted by atomic mass is 9.61. The van der Waals surface area contributed by atoms with Crippen molar-refractivity contribution in [2.45, 2.75) is 53.4 Å². The lowest BCUT2D eigenvalue weighted by Gasteiger charge is -2.40. The van der Waals surface area contributed by atoms with Gasteiger partial charge in [0.2, 0.25) is 0 Å². The molecule has 1 fully saturated rings. The zero-order valence-electron chi connectivity index (χ0n) is 10.8. The second-order valence-corrected chi connectivity index (χ2v) is 5.22. The zero-order valence-corrected chi connectivity index (χ0v) is 10.8. The molecule has 1 aliphatic rings. The van der Waals surface area contributed by atoms with Gasteiger partial charge >= 0.3 is 5.97 Å². The third-order valence-corrected chi connectivity index (χ3v) is 3.72. The molecule has 1 saturated carbocycles. The fourth-order valence-electron chi connectivity index (χ4n) is 2.65. The molecule has 0 saturated heterocycles. The van der Waals surface area contributed by atoms with Crippen molar-refractivity contribution < 1.29 is 14.3 Å². The minimum Gasteiger partial charge on any atom is -0.465 e. The Morgan fingerprint density at radius 1 is 1.31 bits per heavy atom. The maximum absolute atomic E-state index is 12.4. The van der Waals surface area contributed by atoms with Gasteiger partial charge in [-0.2, -0.15) is 0 Å². The van der Waals surface area contributed by atoms with Gasteiger partial charge in [0.25, 0.3) is 0 Å². The van der Waals surface area contributed by atoms with Crippen molar-refractivity contribution in [1.82, 2.24) is 0 Å². The van der Waals surface area contributed by atoms with E-state index in [0.29, 0.717) is 19.4 Å². The summed E-state index contributed by atoms with van der Waals surface area (Å²) in [6.45, 7) is 7.88. The number of ether oxygens (including phenoxy) is 1. The first-order valence-electron chi connectivity index (χ1n) is 6.13. The number of carbonyl (C=O) groups excluding carboxylic acids is 2. The van der Waals surface area contributed by atoms with Crippen molar-refractivity contribution in [3.63, 3.8) is 0 Å². The minimum absolute atomic E-state index is 0.0622. The van der Waals surface area contributed by atoms with Crippen molar-refractivity contribution in [2.75, 3.05) is 6.61 Å². The Morgan fingerprint density at radius 3 is 2.44 bits per heavy atom. The van der Waals surface area contributed by atoms with Gasteiger partial charge in [-0.25, -0.2) is 0 Å². The second-order valence-electron chi connectivity index (χ2n) is 5.22. The van der Waals surface area contributed by atoms with Crippen LogP contribution in [-0.4, -0.2) is 18.4 Å². The van der Waals surface area contributed by atoms with Crippen LogP contribution in [0, 0.1) is 10.8 Å². The summed E-state index contributed by atoms with van der Waals surface area (Å²) in [5.41, 5.74) is -1.27. The van der Waals surface area contributed by atoms with Gasteiger partial charge in [0.15, 0.2) is 5.78 Å². The Kier molecular flexibility index (Phi) is 3.76. The van der Waals surface area contributed by atoms with E-state index in [1.54, 1.807) is 6.92 Å². The van der Waals surface area contributed by atoms with E-state index < -0.39 is 5.41 Å². The summed E-state index contributed by atoms with van der Waals surface area (Å²) in [5.74, 6) is -0.262. The molecule has 0 aromatic carbocycles. The zero-order chi connectivity index (χ0) is 12.4. The molecule has 92 valence electrons. The van der Waals surface area contributed by atoms with Gasteiger partial charge in [0, 0.05) is 5.41 Å². The van der Waals surface area contributed by atoms with Crippen molar-refractivity contribution in [2.24, 2.45) is 10.8 Å². The molecule has 0 bridgehead atoms. The van der Waals surface area contributed by atoms with Crippen LogP contribution in [0.1, 0.15) is 53.4 Å². The van der Waals surface area contributed by atoms with Crippen LogP contribution < -0.4 is 0 Å². The molecule has 1 aliphatic carbocycles. The summed E-state index contributed by atoms with van der Waals surface area (Å²) < 4.78 is 5.08. The van der Waals surface area contributed by atoms with E-state index in [2.05, 4.69) is 0 Å². The Morgan fingerprint density at radius 2 is 1.94 bits per heavy atom. The van der Waals surface area contributed by atoms with E-state index in [4.69, 9.17) is 4.74 Å². The summed E-state index contributed by atoms with van der Waals surface area (Å²) >= 11 is 0. The van der Waals surface area contributed by atoms with Gasteiger partial charge < -0.3 is 4.74 Å². The molecule has 0 spiro atoms. The molecule has 0 aromatic rings. The smallest absolute Gasteiger partial charge is 0.319 e. The largest absolute Gasteiger partial charge is 0.465 e. The summed E-state index contributed by atoms with van der Waals surface area (Å²) in [6, 6.07) is 0. The maximum atomic E-state index is 12.4. The topological polar surface area (TPSA) is 43.4 Å². The van der Waals surface area contributed by atoms with E-state index in [0.717, 1.165) is 12.8 Å². The molecule has 16 heavy (non-hydrogen) atoms. The quantitative estimate of drug-likeness (QED) is 0.549. The molecular weight excluding hydrogens is 204 g/mol. The third-order valence-electron chi connectivity index (χ3n) is 3.72. The van der Waals surface area contributed by atoms with E-state index in [-0.39, 0.29) is 17.2 Å². The van der Waals surface area contributed by atoms with E-state index >= 15 is 0 Å². The van der Waals surface area contributed by atoms with Crippen LogP contribution in [0.5, 0.6) is 0 Å². The van der Waals surface area contributed by atoms with E-state index in [1.165, 1.54) is 0 Å². The van der Waals surface area contributed by atoms with E-state index in [1.807, 2.05) is 20.8 Å². The minimum atomic E-state index is -0.877. The van der Waals surface area contributed by atoms with Crippen LogP contribution in [0.25, 0.3) is 0 Å². The number of hydrogen-bond acceptors (Lipinski definition) is 3. The molecule has 0 aliphatic heterocycles. The highest BCUT2D eigenvalue weighted by atomic mass is 16.5. The highest BCUT2D eigenvalue weighted by Gasteiger charge is 2.53. The molecule has 1 rings (SSSR count). The average molecular weight is 226 g/mol. The highest BCUT2D eigenvalue weighted by Crippen LogP contribution is 2.45. The maximum Gasteiger partial charge on any atom is 0.319 e. The molecule has 0 aromatic heterocycles. The molecule has 0 amide bonds. The van der Waals surface area contributed by atoms with E-state index in [9.17, 15) is 9.59 Å². The number of Topliss-reactive ketones (excluding diaryl/α,β-unsaturated/α-hetero) is 1. The first-order valence-corrected chi connectivity index (χ1v) is 6.13. The predicted molar refractivity (Wildman–Crippen MR) is 62.0 cm³/mol. The molecule has 1 atom stereocenters. The normalized spacial score (nSPS) is 28.9. The Bertz CT molecular complexity index is 294. The standard InChI is InChI=1S/C13H22O3/c1-5-13(11(15)16-6-2)9-7-8-12(3,4)10(13)14/h5-9H2,1-4H3. The van der Waals surface area contributed by atoms with Crippen molar-refractivity contribution in [3.05, 3.63) is 0 Å². The molecule has 0 heterocycles. The highest BCUT2D eigenvalue weighted by molar-refractivity contribution is 6.06. The first-order chi connectivity index (χ1) is 7.40. The van der Waals surface area contributed by atoms with Gasteiger partial charge in [-0.05, 0) is 26.2 Å². The van der Waals surface area contributed by atoms with Crippen LogP contribution in [-0.2, 0) is 14.3 Å². The van der Waals surface area contributed by atoms with Gasteiger partial charge in [-0.3, -0.25) is 9.59 Å². The lowest BCUT2D eigenvalue weighted by molar-refractivity contribution is -0.167. The predicted octanol–water partition coefficient (Wildman–Crippen LogP) is 2.73. The number of rotatable bonds is 3. The fraction of sp³-hybridized carbons (Fsp3) is 0.846. The summed E-state index contributed by atoms with van der Waals surface area (Å²) in [5, 5.41) is 0. The van der Waals surface area contributed by atoms with Crippen LogP contribution >= 0.6 is 0 Å². The van der Waals surface area contributed by atoms with Crippen LogP contribution in [0.2, 0.25) is 0 Å². The molecule has 1 unspecified atom stereocenters. The van der Waals surface area contributed by atoms with Gasteiger partial charge in [0.05, 0.1) is 6.61 Å². The molecule has 0 radical (unpaired) electrons. The number of carbonyl (C=O) groups is 2. The Hall–Kier alpha value is -0.860. The van der Waals surface area contributed by atoms with Gasteiger partial charge in [0.1, 0.15) is 5.41 Å². The SMILES string of the molecule is CCOC(=O)C1(CC)CCCC(C)(C)C1=O. The number of ketones is 1. The van der Waals surface area contributed by atoms with Crippen molar-refractivity contribution in [1.29, 1.82) is 0 Å². The third kappa shape index (κ3) is 2.00. The van der Waals surface area contributed by atoms with Gasteiger partial charge in [-0.15, -0.1) is 0 Å². The van der Waals surface area contributed by atoms with Crippen molar-refractivity contribution in [3.8, 4) is 0 Å². The average Bonchev–Trinajstić information content (AvgIpc) is 2.23.